The molecule has 51 heteroatoms. The van der Waals surface area contributed by atoms with Gasteiger partial charge in [-0.15, -0.1) is 53.6 Å². The normalized spacial score (nSPS) is 15.6. The summed E-state index contributed by atoms with van der Waals surface area (Å²) in [6.45, 7) is 51.1. The van der Waals surface area contributed by atoms with Gasteiger partial charge in [0.25, 0.3) is 0 Å². The SMILES string of the molecule is C.C#CCOC[C@@H](Cn1cc(COC[C@@H]2CO2)nn1)OC(C)=O.CC(=O)O[C@@H](COCC#C[Si](C)(C)C(C)(C)C)Cn1cc(COC[C@@H](Cn2cc(COC[C@@H](Cn3cc(COC[C@@H]4CO4)nn3)OC(C)=O)nn2)OC(C)=O)nn1.CC(=O)O[C@@H](COCC#C[Si](C)(C)C(C)(C)C)Cn1cc(COC[C@@H]2CO2)nn1.CC(=O)O[C@H](CN=[N+]=[N-])COCc1cn(C[C@H](COCC#C[Si](C)(C)C(C)(C)C)OC(C)=O)nn1. The van der Waals surface area contributed by atoms with E-state index < -0.39 is 96.8 Å². The first-order valence-electron chi connectivity index (χ1n) is 46.7. The van der Waals surface area contributed by atoms with Crippen LogP contribution in [-0.4, -0.2) is 336 Å². The average Bonchev–Trinajstić information content (AvgIpc) is 1.25. The fraction of sp³-hybridized carbons (Fsp3) is 0.710. The second-order valence-corrected chi connectivity index (χ2v) is 53.4. The molecule has 6 aromatic rings. The first kappa shape index (κ1) is 123. The number of hydrogen-bond acceptors (Lipinski definition) is 40. The zero-order valence-electron chi connectivity index (χ0n) is 86.4. The molecule has 0 aliphatic carbocycles. The van der Waals surface area contributed by atoms with E-state index in [0.717, 1.165) is 13.2 Å². The molecule has 0 bridgehead atoms. The Morgan fingerprint density at radius 1 is 0.361 bits per heavy atom. The summed E-state index contributed by atoms with van der Waals surface area (Å²) in [6, 6.07) is 0. The van der Waals surface area contributed by atoms with Crippen LogP contribution in [-0.2, 0) is 207 Å². The lowest BCUT2D eigenvalue weighted by atomic mass is 10.2. The number of carbonyl (C=O) groups is 7. The molecule has 798 valence electrons. The summed E-state index contributed by atoms with van der Waals surface area (Å²) < 4.78 is 118. The van der Waals surface area contributed by atoms with Crippen LogP contribution in [0.4, 0.5) is 0 Å². The van der Waals surface area contributed by atoms with Crippen LogP contribution >= 0.6 is 0 Å². The van der Waals surface area contributed by atoms with Crippen molar-refractivity contribution in [3.63, 3.8) is 0 Å². The number of azide groups is 1. The highest BCUT2D eigenvalue weighted by molar-refractivity contribution is 6.88. The third kappa shape index (κ3) is 53.6. The summed E-state index contributed by atoms with van der Waals surface area (Å²) in [7, 11) is -5.11. The van der Waals surface area contributed by atoms with Gasteiger partial charge in [-0.05, 0) is 20.6 Å². The van der Waals surface area contributed by atoms with Gasteiger partial charge in [-0.1, -0.05) is 169 Å². The number of nitrogens with zero attached hydrogens (tertiary/aromatic N) is 21. The van der Waals surface area contributed by atoms with Crippen LogP contribution in [0.25, 0.3) is 10.4 Å². The van der Waals surface area contributed by atoms with Crippen LogP contribution in [0.3, 0.4) is 0 Å². The van der Waals surface area contributed by atoms with E-state index in [9.17, 15) is 33.6 Å². The Hall–Kier alpha value is -11.2. The van der Waals surface area contributed by atoms with Gasteiger partial charge in [0.15, 0.2) is 0 Å². The van der Waals surface area contributed by atoms with Crippen molar-refractivity contribution in [1.29, 1.82) is 0 Å². The molecule has 0 aromatic carbocycles. The van der Waals surface area contributed by atoms with E-state index in [-0.39, 0.29) is 171 Å². The lowest BCUT2D eigenvalue weighted by Crippen LogP contribution is -2.35. The standard InChI is InChI=1S/C36H55N9O11Si.C22H36N6O6Si.C20H33N3O5Si.C14H19N3O5.CH4/c1-26(46)54-32(21-49-10-9-11-57(7,8)36(4,5)6)15-43-12-29(37-40-43)18-50-22-33(55-27(2)47)16-44-13-30(38-41-44)19-51-23-34(56-28(3)48)17-45-14-31(39-42-45)20-52-24-35-25-53-35;1-17(29)33-20(11-24-26-23)15-32-14-19-12-28(27-25-19)13-21(34-18(2)30)16-31-9-8-10-35(6,7)22(3,4)5;1-16(24)28-18(13-25-8-7-9-29(5,6)20(2,3)4)11-23-10-17(21-22-23)12-26-14-19-15-27-19;1-3-4-19-8-13(22-11(2)18)6-17-5-12(15-16-17)7-20-9-14-10-21-14;/h12-14,32-35H,10,15-25H2,1-8H3;12,20-21H,9,11,13-16H2,1-7H3;10,18-19H,8,11-15H2,1-6H3;1,5,13-14H,4,6-10H2,2H3;1H4/t32-,33-,34-,35-;20-,21-;18-,19-;13-,14-;/m1111./s1. The van der Waals surface area contributed by atoms with Gasteiger partial charge in [-0.2, -0.15) is 0 Å². The molecule has 0 N–H and O–H groups in total. The minimum atomic E-state index is -1.75. The molecule has 0 spiro atoms. The van der Waals surface area contributed by atoms with Crippen molar-refractivity contribution in [3.8, 4) is 46.7 Å². The summed E-state index contributed by atoms with van der Waals surface area (Å²) in [5.74, 6) is 8.67. The predicted octanol–water partition coefficient (Wildman–Crippen LogP) is 7.31. The van der Waals surface area contributed by atoms with Gasteiger partial charge >= 0.3 is 41.8 Å². The third-order valence-corrected chi connectivity index (χ3v) is 35.5. The van der Waals surface area contributed by atoms with Gasteiger partial charge in [-0.3, -0.25) is 33.6 Å². The molecule has 0 unspecified atom stereocenters. The Bertz CT molecular complexity index is 5170. The fourth-order valence-electron chi connectivity index (χ4n) is 11.4. The van der Waals surface area contributed by atoms with Crippen LogP contribution in [0.5, 0.6) is 0 Å². The van der Waals surface area contributed by atoms with Gasteiger partial charge in [0, 0.05) is 53.4 Å². The smallest absolute Gasteiger partial charge is 0.303 e. The number of hydrogen-bond donors (Lipinski definition) is 0. The Morgan fingerprint density at radius 2 is 0.556 bits per heavy atom. The van der Waals surface area contributed by atoms with Crippen LogP contribution < -0.4 is 0 Å². The summed E-state index contributed by atoms with van der Waals surface area (Å²) in [4.78, 5) is 83.2. The van der Waals surface area contributed by atoms with Gasteiger partial charge in [0.1, 0.15) is 146 Å². The van der Waals surface area contributed by atoms with Crippen molar-refractivity contribution in [1.82, 2.24) is 90.0 Å². The zero-order valence-corrected chi connectivity index (χ0v) is 89.4. The van der Waals surface area contributed by atoms with Crippen molar-refractivity contribution in [2.45, 2.75) is 313 Å². The topological polar surface area (TPSA) is 547 Å². The van der Waals surface area contributed by atoms with Crippen molar-refractivity contribution in [2.24, 2.45) is 5.11 Å². The van der Waals surface area contributed by atoms with E-state index in [1.807, 2.05) is 0 Å². The first-order chi connectivity index (χ1) is 67.6. The highest BCUT2D eigenvalue weighted by Gasteiger charge is 2.37. The highest BCUT2D eigenvalue weighted by atomic mass is 28.3. The van der Waals surface area contributed by atoms with Crippen LogP contribution in [0.1, 0.15) is 152 Å². The molecular weight excluding hydrogens is 1930 g/mol. The molecule has 9 heterocycles. The molecule has 3 saturated heterocycles. The van der Waals surface area contributed by atoms with Crippen LogP contribution in [0.2, 0.25) is 54.4 Å². The van der Waals surface area contributed by atoms with E-state index in [2.05, 4.69) is 214 Å². The maximum atomic E-state index is 11.9. The van der Waals surface area contributed by atoms with E-state index in [4.69, 9.17) is 107 Å². The Labute approximate surface area is 845 Å². The van der Waals surface area contributed by atoms with Gasteiger partial charge in [0.2, 0.25) is 0 Å². The van der Waals surface area contributed by atoms with E-state index in [0.29, 0.717) is 100 Å². The molecule has 9 rings (SSSR count). The summed E-state index contributed by atoms with van der Waals surface area (Å²) in [5, 5.41) is 52.8. The minimum Gasteiger partial charge on any atom is -0.460 e. The number of epoxide rings is 3. The van der Waals surface area contributed by atoms with Crippen LogP contribution in [0, 0.1) is 46.7 Å². The number of ether oxygens (including phenoxy) is 20. The Kier molecular flexibility index (Phi) is 54.2. The first-order valence-corrected chi connectivity index (χ1v) is 55.7. The van der Waals surface area contributed by atoms with Crippen LogP contribution in [0.15, 0.2) is 42.3 Å². The quantitative estimate of drug-likeness (QED) is 0.00415. The van der Waals surface area contributed by atoms with Crippen molar-refractivity contribution in [2.75, 3.05) is 119 Å². The molecule has 0 radical (unpaired) electrons. The van der Waals surface area contributed by atoms with Gasteiger partial charge in [-0.25, -0.2) is 28.1 Å². The minimum absolute atomic E-state index is 0. The monoisotopic (exact) mass is 2070 g/mol. The van der Waals surface area contributed by atoms with Gasteiger partial charge < -0.3 is 94.7 Å². The molecule has 144 heavy (non-hydrogen) atoms. The lowest BCUT2D eigenvalue weighted by molar-refractivity contribution is -0.151. The van der Waals surface area contributed by atoms with Crippen molar-refractivity contribution < 1.29 is 128 Å². The molecule has 6 aromatic heterocycles. The van der Waals surface area contributed by atoms with E-state index in [1.165, 1.54) is 57.8 Å². The highest BCUT2D eigenvalue weighted by Crippen LogP contribution is 2.37. The molecule has 48 nitrogen and oxygen atoms in total. The number of rotatable bonds is 57. The second kappa shape index (κ2) is 63.3. The molecule has 3 fully saturated rings. The zero-order chi connectivity index (χ0) is 105. The van der Waals surface area contributed by atoms with Crippen molar-refractivity contribution in [3.05, 3.63) is 81.8 Å². The number of carbonyl (C=O) groups excluding carboxylic acids is 7. The number of esters is 7. The maximum Gasteiger partial charge on any atom is 0.303 e. The summed E-state index contributed by atoms with van der Waals surface area (Å²) >= 11 is 0. The van der Waals surface area contributed by atoms with Crippen molar-refractivity contribution >= 4 is 66.0 Å². The Balaban J connectivity index is 0.000000360. The lowest BCUT2D eigenvalue weighted by Gasteiger charge is -2.31. The molecule has 3 aliphatic heterocycles. The average molecular weight is 2080 g/mol. The van der Waals surface area contributed by atoms with E-state index >= 15 is 0 Å². The third-order valence-electron chi connectivity index (χ3n) is 21.8. The number of terminal acetylenes is 1. The van der Waals surface area contributed by atoms with E-state index in [1.54, 1.807) is 55.9 Å². The predicted molar refractivity (Wildman–Crippen MR) is 524 cm³/mol. The maximum absolute atomic E-state index is 11.9. The molecule has 3 aliphatic rings. The molecular formula is C93H147N21O27Si3. The summed E-state index contributed by atoms with van der Waals surface area (Å²) in [5.41, 5.74) is 22.2. The largest absolute Gasteiger partial charge is 0.460 e. The summed E-state index contributed by atoms with van der Waals surface area (Å²) in [6.07, 6.45) is 11.8. The number of aromatic nitrogens is 18. The van der Waals surface area contributed by atoms with Gasteiger partial charge in [0.05, 0.1) is 209 Å². The molecule has 0 amide bonds. The molecule has 10 atom stereocenters. The fourth-order valence-corrected chi connectivity index (χ4v) is 14.1. The molecule has 0 saturated carbocycles. The Morgan fingerprint density at radius 3 is 0.750 bits per heavy atom. The second-order valence-electron chi connectivity index (χ2n) is 38.4.